The van der Waals surface area contributed by atoms with E-state index < -0.39 is 0 Å². The fourth-order valence-corrected chi connectivity index (χ4v) is 3.55. The molecule has 4 rings (SSSR count). The van der Waals surface area contributed by atoms with Crippen LogP contribution in [0.1, 0.15) is 53.9 Å². The first-order valence-electron chi connectivity index (χ1n) is 9.44. The predicted molar refractivity (Wildman–Crippen MR) is 102 cm³/mol. The monoisotopic (exact) mass is 362 g/mol. The van der Waals surface area contributed by atoms with Crippen molar-refractivity contribution >= 4 is 5.78 Å². The molecule has 1 aliphatic rings. The maximum atomic E-state index is 12.4. The van der Waals surface area contributed by atoms with Gasteiger partial charge in [0.1, 0.15) is 0 Å². The van der Waals surface area contributed by atoms with Gasteiger partial charge in [-0.2, -0.15) is 0 Å². The predicted octanol–water partition coefficient (Wildman–Crippen LogP) is 5.05. The SMILES string of the molecule is O=C(COc1nnc(-c2ccccc2)o1)c1ccc(C2CCCCC2)cc1. The topological polar surface area (TPSA) is 65.2 Å². The number of benzene rings is 2. The van der Waals surface area contributed by atoms with E-state index in [0.29, 0.717) is 17.4 Å². The van der Waals surface area contributed by atoms with Gasteiger partial charge in [0.2, 0.25) is 0 Å². The smallest absolute Gasteiger partial charge is 0.415 e. The summed E-state index contributed by atoms with van der Waals surface area (Å²) >= 11 is 0. The molecule has 2 aromatic carbocycles. The normalized spacial score (nSPS) is 14.8. The third-order valence-electron chi connectivity index (χ3n) is 5.06. The molecule has 0 aliphatic heterocycles. The third-order valence-corrected chi connectivity index (χ3v) is 5.06. The Hall–Kier alpha value is -2.95. The number of rotatable bonds is 6. The van der Waals surface area contributed by atoms with Crippen LogP contribution >= 0.6 is 0 Å². The number of ketones is 1. The van der Waals surface area contributed by atoms with Crippen molar-refractivity contribution in [3.8, 4) is 17.5 Å². The van der Waals surface area contributed by atoms with Crippen LogP contribution in [0.15, 0.2) is 59.0 Å². The van der Waals surface area contributed by atoms with E-state index in [1.165, 1.54) is 37.7 Å². The summed E-state index contributed by atoms with van der Waals surface area (Å²) < 4.78 is 10.8. The van der Waals surface area contributed by atoms with Crippen molar-refractivity contribution in [2.75, 3.05) is 6.61 Å². The molecule has 1 aliphatic carbocycles. The Morgan fingerprint density at radius 3 is 2.44 bits per heavy atom. The molecule has 0 N–H and O–H groups in total. The highest BCUT2D eigenvalue weighted by Gasteiger charge is 2.16. The highest BCUT2D eigenvalue weighted by Crippen LogP contribution is 2.32. The molecule has 27 heavy (non-hydrogen) atoms. The molecule has 1 fully saturated rings. The van der Waals surface area contributed by atoms with Crippen LogP contribution in [0.3, 0.4) is 0 Å². The van der Waals surface area contributed by atoms with Crippen molar-refractivity contribution < 1.29 is 13.9 Å². The number of Topliss-reactive ketones (excluding diaryl/α,β-unsaturated/α-hetero) is 1. The molecule has 0 unspecified atom stereocenters. The largest absolute Gasteiger partial charge is 0.441 e. The van der Waals surface area contributed by atoms with Gasteiger partial charge in [0.15, 0.2) is 12.4 Å². The van der Waals surface area contributed by atoms with Crippen LogP contribution in [-0.4, -0.2) is 22.6 Å². The molecule has 138 valence electrons. The highest BCUT2D eigenvalue weighted by atomic mass is 16.6. The lowest BCUT2D eigenvalue weighted by Gasteiger charge is -2.22. The molecule has 3 aromatic rings. The van der Waals surface area contributed by atoms with E-state index in [1.807, 2.05) is 42.5 Å². The van der Waals surface area contributed by atoms with E-state index in [4.69, 9.17) is 9.15 Å². The fraction of sp³-hybridized carbons (Fsp3) is 0.318. The summed E-state index contributed by atoms with van der Waals surface area (Å²) in [5.74, 6) is 0.897. The second-order valence-corrected chi connectivity index (χ2v) is 6.91. The minimum absolute atomic E-state index is 0.000953. The van der Waals surface area contributed by atoms with Gasteiger partial charge in [-0.05, 0) is 36.5 Å². The van der Waals surface area contributed by atoms with Gasteiger partial charge in [0.05, 0.1) is 0 Å². The van der Waals surface area contributed by atoms with Crippen molar-refractivity contribution in [3.05, 3.63) is 65.7 Å². The standard InChI is InChI=1S/C22H22N2O3/c25-20(18-13-11-17(12-14-18)16-7-3-1-4-8-16)15-26-22-24-23-21(27-22)19-9-5-2-6-10-19/h2,5-6,9-14,16H,1,3-4,7-8,15H2. The van der Waals surface area contributed by atoms with Crippen molar-refractivity contribution in [3.63, 3.8) is 0 Å². The van der Waals surface area contributed by atoms with E-state index in [2.05, 4.69) is 22.3 Å². The van der Waals surface area contributed by atoms with E-state index in [1.54, 1.807) is 0 Å². The molecule has 1 heterocycles. The zero-order valence-corrected chi connectivity index (χ0v) is 15.1. The Balaban J connectivity index is 1.35. The average Bonchev–Trinajstić information content (AvgIpc) is 3.22. The van der Waals surface area contributed by atoms with Crippen LogP contribution in [-0.2, 0) is 0 Å². The van der Waals surface area contributed by atoms with Crippen LogP contribution in [0.2, 0.25) is 0 Å². The molecule has 0 radical (unpaired) electrons. The van der Waals surface area contributed by atoms with Gasteiger partial charge in [0.25, 0.3) is 5.89 Å². The molecule has 5 heteroatoms. The van der Waals surface area contributed by atoms with Crippen LogP contribution in [0.25, 0.3) is 11.5 Å². The number of hydrogen-bond donors (Lipinski definition) is 0. The van der Waals surface area contributed by atoms with E-state index >= 15 is 0 Å². The van der Waals surface area contributed by atoms with Crippen LogP contribution < -0.4 is 4.74 Å². The van der Waals surface area contributed by atoms with Crippen molar-refractivity contribution in [2.45, 2.75) is 38.0 Å². The fourth-order valence-electron chi connectivity index (χ4n) is 3.55. The Morgan fingerprint density at radius 1 is 0.963 bits per heavy atom. The first-order valence-corrected chi connectivity index (χ1v) is 9.44. The summed E-state index contributed by atoms with van der Waals surface area (Å²) in [6, 6.07) is 17.4. The molecule has 0 saturated heterocycles. The van der Waals surface area contributed by atoms with Crippen molar-refractivity contribution in [2.24, 2.45) is 0 Å². The molecule has 0 amide bonds. The lowest BCUT2D eigenvalue weighted by Crippen LogP contribution is -2.12. The van der Waals surface area contributed by atoms with Gasteiger partial charge in [-0.25, -0.2) is 0 Å². The van der Waals surface area contributed by atoms with Gasteiger partial charge in [-0.3, -0.25) is 4.79 Å². The first kappa shape index (κ1) is 17.5. The molecule has 1 aromatic heterocycles. The number of hydrogen-bond acceptors (Lipinski definition) is 5. The first-order chi connectivity index (χ1) is 13.3. The number of aromatic nitrogens is 2. The second kappa shape index (κ2) is 8.16. The van der Waals surface area contributed by atoms with Gasteiger partial charge in [-0.1, -0.05) is 66.8 Å². The van der Waals surface area contributed by atoms with Crippen LogP contribution in [0.5, 0.6) is 6.08 Å². The minimum atomic E-state index is -0.126. The van der Waals surface area contributed by atoms with E-state index in [-0.39, 0.29) is 18.5 Å². The molecule has 5 nitrogen and oxygen atoms in total. The number of ether oxygens (including phenoxy) is 1. The van der Waals surface area contributed by atoms with Gasteiger partial charge >= 0.3 is 6.08 Å². The molecule has 1 saturated carbocycles. The van der Waals surface area contributed by atoms with Crippen LogP contribution in [0.4, 0.5) is 0 Å². The summed E-state index contributed by atoms with van der Waals surface area (Å²) in [6.07, 6.45) is 6.43. The van der Waals surface area contributed by atoms with Crippen molar-refractivity contribution in [1.82, 2.24) is 10.2 Å². The summed E-state index contributed by atoms with van der Waals surface area (Å²) in [5, 5.41) is 7.79. The molecule has 0 bridgehead atoms. The lowest BCUT2D eigenvalue weighted by molar-refractivity contribution is 0.0894. The van der Waals surface area contributed by atoms with Crippen LogP contribution in [0, 0.1) is 0 Å². The van der Waals surface area contributed by atoms with E-state index in [0.717, 1.165) is 5.56 Å². The lowest BCUT2D eigenvalue weighted by atomic mass is 9.84. The molecular weight excluding hydrogens is 340 g/mol. The number of nitrogens with zero attached hydrogens (tertiary/aromatic N) is 2. The third kappa shape index (κ3) is 4.25. The number of carbonyl (C=O) groups is 1. The Kier molecular flexibility index (Phi) is 5.28. The van der Waals surface area contributed by atoms with Gasteiger partial charge in [-0.15, -0.1) is 5.10 Å². The molecule has 0 atom stereocenters. The zero-order valence-electron chi connectivity index (χ0n) is 15.1. The quantitative estimate of drug-likeness (QED) is 0.574. The van der Waals surface area contributed by atoms with Crippen molar-refractivity contribution in [1.29, 1.82) is 0 Å². The molecular formula is C22H22N2O3. The highest BCUT2D eigenvalue weighted by molar-refractivity contribution is 5.97. The zero-order chi connectivity index (χ0) is 18.5. The minimum Gasteiger partial charge on any atom is -0.441 e. The summed E-state index contributed by atoms with van der Waals surface area (Å²) in [5.41, 5.74) is 2.78. The maximum Gasteiger partial charge on any atom is 0.415 e. The van der Waals surface area contributed by atoms with Gasteiger partial charge < -0.3 is 9.15 Å². The Morgan fingerprint density at radius 2 is 1.70 bits per heavy atom. The Labute approximate surface area is 158 Å². The Bertz CT molecular complexity index is 881. The van der Waals surface area contributed by atoms with Gasteiger partial charge in [0, 0.05) is 11.1 Å². The average molecular weight is 362 g/mol. The second-order valence-electron chi connectivity index (χ2n) is 6.91. The number of carbonyl (C=O) groups excluding carboxylic acids is 1. The molecule has 0 spiro atoms. The summed E-state index contributed by atoms with van der Waals surface area (Å²) in [7, 11) is 0. The van der Waals surface area contributed by atoms with E-state index in [9.17, 15) is 4.79 Å². The maximum absolute atomic E-state index is 12.4. The summed E-state index contributed by atoms with van der Waals surface area (Å²) in [4.78, 5) is 12.4. The summed E-state index contributed by atoms with van der Waals surface area (Å²) in [6.45, 7) is -0.126.